The van der Waals surface area contributed by atoms with Crippen molar-refractivity contribution in [1.82, 2.24) is 4.90 Å². The first-order valence-corrected chi connectivity index (χ1v) is 23.3. The lowest BCUT2D eigenvalue weighted by molar-refractivity contribution is -0.384. The van der Waals surface area contributed by atoms with Crippen LogP contribution in [-0.4, -0.2) is 63.3 Å². The van der Waals surface area contributed by atoms with Crippen LogP contribution >= 0.6 is 0 Å². The molecule has 6 atom stereocenters. The Kier molecular flexibility index (Phi) is 14.7. The standard InChI is InChI=1S/C53H60FN3O9/c1-4-27-63-53-49(56(52(60)38-16-17-38)32-36-12-18-40(54)19-13-36)31-47(55-64-33-37-14-20-41(21-15-37)57(61)62)45-29-39(9-5-7-25-58)44(10-6-8-26-59)50(51(45)53)46-30-43(23-24-48(46)66-53)65-42-22-11-34(2)35(3)28-42/h4,11-15,18-24,28-30,38-39,44,49-51,58-59H,1,5-10,16-17,25-27,31-33H2,2-3H3. The van der Waals surface area contributed by atoms with Gasteiger partial charge < -0.3 is 34.2 Å². The Bertz CT molecular complexity index is 2440. The molecule has 348 valence electrons. The third kappa shape index (κ3) is 10.1. The van der Waals surface area contributed by atoms with E-state index in [9.17, 15) is 29.5 Å². The van der Waals surface area contributed by atoms with Crippen molar-refractivity contribution < 1.29 is 43.4 Å². The van der Waals surface area contributed by atoms with Gasteiger partial charge >= 0.3 is 0 Å². The number of allylic oxidation sites excluding steroid dienone is 1. The first-order chi connectivity index (χ1) is 32.0. The van der Waals surface area contributed by atoms with E-state index in [2.05, 4.69) is 32.6 Å². The number of rotatable bonds is 21. The Morgan fingerprint density at radius 2 is 1.64 bits per heavy atom. The van der Waals surface area contributed by atoms with E-state index in [0.29, 0.717) is 41.4 Å². The van der Waals surface area contributed by atoms with E-state index in [0.717, 1.165) is 66.4 Å². The van der Waals surface area contributed by atoms with Crippen molar-refractivity contribution in [3.05, 3.63) is 153 Å². The second-order valence-electron chi connectivity index (χ2n) is 18.2. The SMILES string of the molecule is C=CCOC12Oc3ccc(Oc4ccc(C)c(C)c4)cc3C3C(CCCCO)C(CCCCO)C=C(C(=NOCc4ccc([N+](=O)[O-])cc4)CC1N(Cc1ccc(F)cc1)C(=O)C1CC1)C32. The fraction of sp³-hybridized carbons (Fsp3) is 0.434. The molecule has 1 heterocycles. The number of non-ortho nitro benzene ring substituents is 1. The van der Waals surface area contributed by atoms with Crippen LogP contribution in [0, 0.1) is 53.5 Å². The lowest BCUT2D eigenvalue weighted by atomic mass is 9.55. The molecule has 2 N–H and O–H groups in total. The summed E-state index contributed by atoms with van der Waals surface area (Å²) in [7, 11) is 0. The number of nitro groups is 1. The zero-order valence-electron chi connectivity index (χ0n) is 37.8. The first-order valence-electron chi connectivity index (χ1n) is 23.3. The number of nitro benzene ring substituents is 1. The van der Waals surface area contributed by atoms with E-state index in [1.807, 2.05) is 35.2 Å². The highest BCUT2D eigenvalue weighted by atomic mass is 19.1. The highest BCUT2D eigenvalue weighted by Gasteiger charge is 2.66. The van der Waals surface area contributed by atoms with Gasteiger partial charge in [-0.2, -0.15) is 0 Å². The summed E-state index contributed by atoms with van der Waals surface area (Å²) in [5.41, 5.74) is 6.10. The number of halogens is 1. The molecule has 2 fully saturated rings. The minimum absolute atomic E-state index is 0.000859. The van der Waals surface area contributed by atoms with Crippen LogP contribution in [-0.2, 0) is 27.5 Å². The highest BCUT2D eigenvalue weighted by molar-refractivity contribution is 6.03. The zero-order chi connectivity index (χ0) is 46.4. The molecule has 4 aromatic rings. The van der Waals surface area contributed by atoms with Crippen LogP contribution < -0.4 is 9.47 Å². The van der Waals surface area contributed by atoms with Gasteiger partial charge in [0.2, 0.25) is 11.7 Å². The number of benzene rings is 4. The van der Waals surface area contributed by atoms with Crippen molar-refractivity contribution in [1.29, 1.82) is 0 Å². The summed E-state index contributed by atoms with van der Waals surface area (Å²) in [4.78, 5) is 33.9. The van der Waals surface area contributed by atoms with Crippen LogP contribution in [0.4, 0.5) is 10.1 Å². The second kappa shape index (κ2) is 20.7. The van der Waals surface area contributed by atoms with Crippen molar-refractivity contribution in [3.63, 3.8) is 0 Å². The average molecular weight is 902 g/mol. The number of aliphatic hydroxyl groups is 2. The minimum atomic E-state index is -1.47. The number of hydrogen-bond acceptors (Lipinski definition) is 10. The van der Waals surface area contributed by atoms with Gasteiger partial charge in [-0.05, 0) is 147 Å². The number of ether oxygens (including phenoxy) is 3. The summed E-state index contributed by atoms with van der Waals surface area (Å²) in [6, 6.07) is 23.5. The average Bonchev–Trinajstić information content (AvgIpc) is 4.17. The van der Waals surface area contributed by atoms with Gasteiger partial charge in [-0.25, -0.2) is 4.39 Å². The Morgan fingerprint density at radius 3 is 2.32 bits per heavy atom. The Morgan fingerprint density at radius 1 is 0.939 bits per heavy atom. The fourth-order valence-electron chi connectivity index (χ4n) is 10.2. The van der Waals surface area contributed by atoms with Crippen molar-refractivity contribution in [3.8, 4) is 17.2 Å². The second-order valence-corrected chi connectivity index (χ2v) is 18.2. The largest absolute Gasteiger partial charge is 0.459 e. The third-order valence-corrected chi connectivity index (χ3v) is 13.8. The van der Waals surface area contributed by atoms with E-state index in [1.165, 1.54) is 24.3 Å². The van der Waals surface area contributed by atoms with Gasteiger partial charge in [-0.3, -0.25) is 14.9 Å². The maximum absolute atomic E-state index is 14.9. The third-order valence-electron chi connectivity index (χ3n) is 13.8. The van der Waals surface area contributed by atoms with Crippen molar-refractivity contribution in [2.24, 2.45) is 28.8 Å². The predicted octanol–water partition coefficient (Wildman–Crippen LogP) is 10.4. The maximum Gasteiger partial charge on any atom is 0.269 e. The van der Waals surface area contributed by atoms with E-state index < -0.39 is 22.7 Å². The number of oxime groups is 1. The number of hydrogen-bond donors (Lipinski definition) is 2. The predicted molar refractivity (Wildman–Crippen MR) is 249 cm³/mol. The lowest BCUT2D eigenvalue weighted by Gasteiger charge is -2.60. The number of fused-ring (bicyclic) bond motifs is 2. The van der Waals surface area contributed by atoms with Crippen molar-refractivity contribution >= 4 is 17.3 Å². The number of amides is 1. The molecule has 8 rings (SSSR count). The smallest absolute Gasteiger partial charge is 0.269 e. The van der Waals surface area contributed by atoms with Crippen LogP contribution in [0.15, 0.2) is 114 Å². The van der Waals surface area contributed by atoms with Crippen LogP contribution in [0.2, 0.25) is 0 Å². The van der Waals surface area contributed by atoms with Gasteiger partial charge in [0.15, 0.2) is 0 Å². The van der Waals surface area contributed by atoms with Gasteiger partial charge in [-0.1, -0.05) is 48.3 Å². The molecule has 0 spiro atoms. The molecule has 0 radical (unpaired) electrons. The number of carbonyl (C=O) groups excluding carboxylic acids is 1. The first kappa shape index (κ1) is 46.6. The quantitative estimate of drug-likeness (QED) is 0.0360. The molecule has 6 unspecified atom stereocenters. The molecule has 1 aliphatic heterocycles. The van der Waals surface area contributed by atoms with Crippen LogP contribution in [0.5, 0.6) is 17.2 Å². The molecule has 66 heavy (non-hydrogen) atoms. The van der Waals surface area contributed by atoms with Gasteiger partial charge in [0.05, 0.1) is 23.2 Å². The molecule has 0 saturated heterocycles. The molecule has 2 saturated carbocycles. The monoisotopic (exact) mass is 901 g/mol. The molecule has 0 bridgehead atoms. The summed E-state index contributed by atoms with van der Waals surface area (Å²) in [6.45, 7) is 8.60. The maximum atomic E-state index is 14.9. The number of aryl methyl sites for hydroxylation is 2. The van der Waals surface area contributed by atoms with E-state index in [-0.39, 0.29) is 80.5 Å². The molecule has 4 aromatic carbocycles. The summed E-state index contributed by atoms with van der Waals surface area (Å²) in [5.74, 6) is -0.947. The number of unbranched alkanes of at least 4 members (excludes halogenated alkanes) is 2. The molecule has 4 aliphatic rings. The Balaban J connectivity index is 1.32. The van der Waals surface area contributed by atoms with Crippen LogP contribution in [0.25, 0.3) is 0 Å². The highest BCUT2D eigenvalue weighted by Crippen LogP contribution is 2.62. The number of nitrogens with zero attached hydrogens (tertiary/aromatic N) is 3. The molecule has 0 aromatic heterocycles. The van der Waals surface area contributed by atoms with Crippen molar-refractivity contribution in [2.75, 3.05) is 19.8 Å². The molecule has 3 aliphatic carbocycles. The van der Waals surface area contributed by atoms with Gasteiger partial charge in [-0.15, -0.1) is 6.58 Å². The number of carbonyl (C=O) groups is 1. The molecule has 1 amide bonds. The van der Waals surface area contributed by atoms with Crippen LogP contribution in [0.1, 0.15) is 91.5 Å². The summed E-state index contributed by atoms with van der Waals surface area (Å²) in [5, 5.41) is 36.3. The summed E-state index contributed by atoms with van der Waals surface area (Å²) >= 11 is 0. The molecular formula is C53H60FN3O9. The molecule has 12 nitrogen and oxygen atoms in total. The molecule has 13 heteroatoms. The Labute approximate surface area is 385 Å². The van der Waals surface area contributed by atoms with E-state index >= 15 is 0 Å². The number of aliphatic hydroxyl groups excluding tert-OH is 2. The summed E-state index contributed by atoms with van der Waals surface area (Å²) < 4.78 is 35.5. The Hall–Kier alpha value is -5.89. The molecular weight excluding hydrogens is 842 g/mol. The van der Waals surface area contributed by atoms with E-state index in [4.69, 9.17) is 24.2 Å². The fourth-order valence-corrected chi connectivity index (χ4v) is 10.2. The summed E-state index contributed by atoms with van der Waals surface area (Å²) in [6.07, 6.45) is 10.0. The lowest BCUT2D eigenvalue weighted by Crippen LogP contribution is -2.70. The van der Waals surface area contributed by atoms with Crippen molar-refractivity contribution in [2.45, 2.75) is 103 Å². The zero-order valence-corrected chi connectivity index (χ0v) is 37.8. The van der Waals surface area contributed by atoms with Gasteiger partial charge in [0.25, 0.3) is 5.69 Å². The van der Waals surface area contributed by atoms with Crippen LogP contribution in [0.3, 0.4) is 0 Å². The van der Waals surface area contributed by atoms with E-state index in [1.54, 1.807) is 30.3 Å². The topological polar surface area (TPSA) is 153 Å². The normalized spacial score (nSPS) is 23.5. The minimum Gasteiger partial charge on any atom is -0.459 e. The van der Waals surface area contributed by atoms with Gasteiger partial charge in [0, 0.05) is 55.7 Å². The van der Waals surface area contributed by atoms with Gasteiger partial charge in [0.1, 0.15) is 35.7 Å².